The number of amides is 1. The van der Waals surface area contributed by atoms with Gasteiger partial charge < -0.3 is 10.4 Å². The predicted molar refractivity (Wildman–Crippen MR) is 59.7 cm³/mol. The normalized spacial score (nSPS) is 23.6. The Balaban J connectivity index is 1.68. The van der Waals surface area contributed by atoms with Crippen LogP contribution in [0.15, 0.2) is 24.4 Å². The highest BCUT2D eigenvalue weighted by Gasteiger charge is 2.27. The molecule has 1 aliphatic carbocycles. The lowest BCUT2D eigenvalue weighted by Crippen LogP contribution is -2.46. The van der Waals surface area contributed by atoms with Crippen LogP contribution in [-0.2, 0) is 11.2 Å². The highest BCUT2D eigenvalue weighted by atomic mass is 16.3. The maximum atomic E-state index is 11.5. The molecule has 0 aromatic carbocycles. The Bertz CT molecular complexity index is 347. The molecule has 4 heteroatoms. The third-order valence-electron chi connectivity index (χ3n) is 2.81. The zero-order chi connectivity index (χ0) is 11.4. The van der Waals surface area contributed by atoms with Gasteiger partial charge in [0.25, 0.3) is 0 Å². The van der Waals surface area contributed by atoms with Crippen molar-refractivity contribution >= 4 is 5.91 Å². The number of aliphatic hydroxyl groups is 1. The first kappa shape index (κ1) is 11.1. The van der Waals surface area contributed by atoms with E-state index in [2.05, 4.69) is 10.3 Å². The number of aliphatic hydroxyl groups excluding tert-OH is 1. The van der Waals surface area contributed by atoms with E-state index in [1.807, 2.05) is 18.2 Å². The second kappa shape index (κ2) is 5.07. The van der Waals surface area contributed by atoms with E-state index in [0.29, 0.717) is 25.7 Å². The van der Waals surface area contributed by atoms with Crippen LogP contribution < -0.4 is 5.32 Å². The van der Waals surface area contributed by atoms with Crippen molar-refractivity contribution < 1.29 is 9.90 Å². The first-order chi connectivity index (χ1) is 7.74. The Labute approximate surface area is 94.7 Å². The van der Waals surface area contributed by atoms with Crippen LogP contribution >= 0.6 is 0 Å². The fourth-order valence-corrected chi connectivity index (χ4v) is 1.79. The van der Waals surface area contributed by atoms with Crippen molar-refractivity contribution in [3.8, 4) is 0 Å². The van der Waals surface area contributed by atoms with Gasteiger partial charge in [-0.25, -0.2) is 0 Å². The van der Waals surface area contributed by atoms with Gasteiger partial charge >= 0.3 is 0 Å². The minimum absolute atomic E-state index is 0.0440. The summed E-state index contributed by atoms with van der Waals surface area (Å²) in [7, 11) is 0. The smallest absolute Gasteiger partial charge is 0.220 e. The number of rotatable bonds is 4. The van der Waals surface area contributed by atoms with Crippen molar-refractivity contribution in [1.82, 2.24) is 10.3 Å². The van der Waals surface area contributed by atoms with Gasteiger partial charge in [0.15, 0.2) is 0 Å². The zero-order valence-corrected chi connectivity index (χ0v) is 9.10. The topological polar surface area (TPSA) is 62.2 Å². The number of aryl methyl sites for hydroxylation is 1. The number of aromatic nitrogens is 1. The second-order valence-electron chi connectivity index (χ2n) is 4.21. The number of nitrogens with zero attached hydrogens (tertiary/aromatic N) is 1. The van der Waals surface area contributed by atoms with E-state index >= 15 is 0 Å². The minimum Gasteiger partial charge on any atom is -0.393 e. The molecule has 4 nitrogen and oxygen atoms in total. The number of carbonyl (C=O) groups is 1. The highest BCUT2D eigenvalue weighted by Crippen LogP contribution is 2.19. The molecule has 0 saturated heterocycles. The van der Waals surface area contributed by atoms with Gasteiger partial charge in [-0.15, -0.1) is 0 Å². The first-order valence-corrected chi connectivity index (χ1v) is 5.61. The molecule has 16 heavy (non-hydrogen) atoms. The molecule has 1 fully saturated rings. The Morgan fingerprint density at radius 3 is 2.94 bits per heavy atom. The van der Waals surface area contributed by atoms with E-state index in [1.165, 1.54) is 0 Å². The fraction of sp³-hybridized carbons (Fsp3) is 0.500. The van der Waals surface area contributed by atoms with Gasteiger partial charge in [-0.3, -0.25) is 9.78 Å². The van der Waals surface area contributed by atoms with Gasteiger partial charge in [0.1, 0.15) is 0 Å². The molecular formula is C12H16N2O2. The highest BCUT2D eigenvalue weighted by molar-refractivity contribution is 5.76. The van der Waals surface area contributed by atoms with E-state index < -0.39 is 0 Å². The van der Waals surface area contributed by atoms with Crippen molar-refractivity contribution in [3.05, 3.63) is 30.1 Å². The Kier molecular flexibility index (Phi) is 3.51. The van der Waals surface area contributed by atoms with Crippen molar-refractivity contribution in [2.45, 2.75) is 37.8 Å². The molecule has 1 aromatic rings. The molecule has 1 aliphatic rings. The van der Waals surface area contributed by atoms with Crippen molar-refractivity contribution in [3.63, 3.8) is 0 Å². The van der Waals surface area contributed by atoms with Gasteiger partial charge in [0, 0.05) is 24.4 Å². The SMILES string of the molecule is O=C(CCc1ccccn1)NC1CC(O)C1. The third-order valence-corrected chi connectivity index (χ3v) is 2.81. The molecule has 0 radical (unpaired) electrons. The van der Waals surface area contributed by atoms with Gasteiger partial charge in [-0.2, -0.15) is 0 Å². The van der Waals surface area contributed by atoms with Crippen LogP contribution in [-0.4, -0.2) is 28.1 Å². The molecule has 1 aromatic heterocycles. The van der Waals surface area contributed by atoms with Crippen LogP contribution in [0.5, 0.6) is 0 Å². The van der Waals surface area contributed by atoms with Gasteiger partial charge in [-0.1, -0.05) is 6.07 Å². The monoisotopic (exact) mass is 220 g/mol. The van der Waals surface area contributed by atoms with Crippen LogP contribution in [0.25, 0.3) is 0 Å². The molecule has 0 spiro atoms. The van der Waals surface area contributed by atoms with Crippen LogP contribution in [0, 0.1) is 0 Å². The average molecular weight is 220 g/mol. The number of nitrogens with one attached hydrogen (secondary N) is 1. The summed E-state index contributed by atoms with van der Waals surface area (Å²) in [6.45, 7) is 0. The van der Waals surface area contributed by atoms with E-state index in [-0.39, 0.29) is 18.1 Å². The van der Waals surface area contributed by atoms with Crippen molar-refractivity contribution in [2.24, 2.45) is 0 Å². The largest absolute Gasteiger partial charge is 0.393 e. The Morgan fingerprint density at radius 1 is 1.50 bits per heavy atom. The lowest BCUT2D eigenvalue weighted by molar-refractivity contribution is -0.123. The predicted octanol–water partition coefficient (Wildman–Crippen LogP) is 0.654. The molecule has 2 rings (SSSR count). The summed E-state index contributed by atoms with van der Waals surface area (Å²) in [6, 6.07) is 5.87. The lowest BCUT2D eigenvalue weighted by Gasteiger charge is -2.31. The third kappa shape index (κ3) is 3.03. The molecule has 1 heterocycles. The summed E-state index contributed by atoms with van der Waals surface area (Å²) >= 11 is 0. The van der Waals surface area contributed by atoms with E-state index in [1.54, 1.807) is 6.20 Å². The maximum absolute atomic E-state index is 11.5. The van der Waals surface area contributed by atoms with Crippen LogP contribution in [0.3, 0.4) is 0 Å². The van der Waals surface area contributed by atoms with E-state index in [0.717, 1.165) is 5.69 Å². The molecule has 0 atom stereocenters. The first-order valence-electron chi connectivity index (χ1n) is 5.61. The standard InChI is InChI=1S/C12H16N2O2/c15-11-7-10(8-11)14-12(16)5-4-9-3-1-2-6-13-9/h1-3,6,10-11,15H,4-5,7-8H2,(H,14,16). The molecule has 1 saturated carbocycles. The van der Waals surface area contributed by atoms with Gasteiger partial charge in [0.2, 0.25) is 5.91 Å². The molecule has 0 bridgehead atoms. The minimum atomic E-state index is -0.221. The lowest BCUT2D eigenvalue weighted by atomic mass is 9.89. The molecular weight excluding hydrogens is 204 g/mol. The number of carbonyl (C=O) groups excluding carboxylic acids is 1. The zero-order valence-electron chi connectivity index (χ0n) is 9.10. The summed E-state index contributed by atoms with van der Waals surface area (Å²) < 4.78 is 0. The van der Waals surface area contributed by atoms with E-state index in [4.69, 9.17) is 5.11 Å². The number of pyridine rings is 1. The van der Waals surface area contributed by atoms with Crippen LogP contribution in [0.1, 0.15) is 25.0 Å². The van der Waals surface area contributed by atoms with Crippen molar-refractivity contribution in [1.29, 1.82) is 0 Å². The Morgan fingerprint density at radius 2 is 2.31 bits per heavy atom. The summed E-state index contributed by atoms with van der Waals surface area (Å²) in [5, 5.41) is 12.0. The molecule has 0 unspecified atom stereocenters. The van der Waals surface area contributed by atoms with Crippen molar-refractivity contribution in [2.75, 3.05) is 0 Å². The quantitative estimate of drug-likeness (QED) is 0.783. The number of hydrogen-bond donors (Lipinski definition) is 2. The number of hydrogen-bond acceptors (Lipinski definition) is 3. The molecule has 0 aliphatic heterocycles. The summed E-state index contributed by atoms with van der Waals surface area (Å²) in [4.78, 5) is 15.7. The summed E-state index contributed by atoms with van der Waals surface area (Å²) in [6.07, 6.45) is 4.02. The molecule has 86 valence electrons. The van der Waals surface area contributed by atoms with Gasteiger partial charge in [0.05, 0.1) is 6.10 Å². The maximum Gasteiger partial charge on any atom is 0.220 e. The summed E-state index contributed by atoms with van der Waals surface area (Å²) in [5.41, 5.74) is 0.936. The fourth-order valence-electron chi connectivity index (χ4n) is 1.79. The Hall–Kier alpha value is -1.42. The average Bonchev–Trinajstić information content (AvgIpc) is 2.26. The molecule has 2 N–H and O–H groups in total. The van der Waals surface area contributed by atoms with Crippen LogP contribution in [0.2, 0.25) is 0 Å². The summed E-state index contributed by atoms with van der Waals surface area (Å²) in [5.74, 6) is 0.0440. The van der Waals surface area contributed by atoms with Crippen LogP contribution in [0.4, 0.5) is 0 Å². The van der Waals surface area contributed by atoms with E-state index in [9.17, 15) is 4.79 Å². The van der Waals surface area contributed by atoms with Gasteiger partial charge in [-0.05, 0) is 31.4 Å². The second-order valence-corrected chi connectivity index (χ2v) is 4.21. The molecule has 1 amide bonds.